The lowest BCUT2D eigenvalue weighted by atomic mass is 10.1. The van der Waals surface area contributed by atoms with Crippen molar-refractivity contribution >= 4 is 19.7 Å². The first-order chi connectivity index (χ1) is 8.51. The Hall–Kier alpha value is -0.353. The highest BCUT2D eigenvalue weighted by atomic mass is 35.5. The highest BCUT2D eigenvalue weighted by Gasteiger charge is 2.11. The average Bonchev–Trinajstić information content (AvgIpc) is 2.32. The number of ether oxygens (including phenoxy) is 2. The zero-order chi connectivity index (χ0) is 13.4. The smallest absolute Gasteiger partial charge is 0.147 e. The van der Waals surface area contributed by atoms with Gasteiger partial charge in [0.1, 0.15) is 6.79 Å². The molecule has 0 radical (unpaired) electrons. The number of hydrogen-bond donors (Lipinski definition) is 0. The van der Waals surface area contributed by atoms with Crippen molar-refractivity contribution in [1.29, 1.82) is 0 Å². The Balaban J connectivity index is 2.14. The molecule has 0 fully saturated rings. The summed E-state index contributed by atoms with van der Waals surface area (Å²) in [6, 6.07) is 9.30. The van der Waals surface area contributed by atoms with Gasteiger partial charge in [-0.25, -0.2) is 0 Å². The molecule has 0 atom stereocenters. The third kappa shape index (κ3) is 7.16. The van der Waals surface area contributed by atoms with E-state index in [2.05, 4.69) is 25.7 Å². The lowest BCUT2D eigenvalue weighted by molar-refractivity contribution is -0.0573. The largest absolute Gasteiger partial charge is 0.356 e. The number of halogens is 1. The minimum Gasteiger partial charge on any atom is -0.356 e. The highest BCUT2D eigenvalue weighted by molar-refractivity contribution is 6.76. The van der Waals surface area contributed by atoms with Gasteiger partial charge in [0, 0.05) is 20.6 Å². The monoisotopic (exact) mass is 286 g/mol. The summed E-state index contributed by atoms with van der Waals surface area (Å²) in [6.07, 6.45) is 0. The van der Waals surface area contributed by atoms with Crippen LogP contribution in [-0.4, -0.2) is 21.5 Å². The van der Waals surface area contributed by atoms with E-state index in [1.165, 1.54) is 6.04 Å². The first kappa shape index (κ1) is 15.7. The van der Waals surface area contributed by atoms with Crippen LogP contribution >= 0.6 is 11.6 Å². The number of hydrogen-bond acceptors (Lipinski definition) is 2. The molecule has 0 heterocycles. The minimum absolute atomic E-state index is 0.371. The first-order valence-electron chi connectivity index (χ1n) is 6.30. The van der Waals surface area contributed by atoms with Crippen LogP contribution in [0.3, 0.4) is 0 Å². The maximum atomic E-state index is 5.78. The lowest BCUT2D eigenvalue weighted by Crippen LogP contribution is -2.21. The molecule has 2 nitrogen and oxygen atoms in total. The first-order valence-corrected chi connectivity index (χ1v) is 10.5. The van der Waals surface area contributed by atoms with E-state index in [0.29, 0.717) is 19.3 Å². The van der Waals surface area contributed by atoms with Crippen LogP contribution in [0.2, 0.25) is 25.7 Å². The number of alkyl halides is 1. The van der Waals surface area contributed by atoms with Crippen LogP contribution in [0.15, 0.2) is 24.3 Å². The van der Waals surface area contributed by atoms with E-state index >= 15 is 0 Å². The SMILES string of the molecule is C[Si](C)(C)CCOCOCc1cccc(CCl)c1. The van der Waals surface area contributed by atoms with Gasteiger partial charge >= 0.3 is 0 Å². The van der Waals surface area contributed by atoms with Crippen LogP contribution in [0.5, 0.6) is 0 Å². The van der Waals surface area contributed by atoms with Gasteiger partial charge in [-0.1, -0.05) is 43.9 Å². The molecule has 0 saturated heterocycles. The second kappa shape index (κ2) is 7.95. The molecule has 1 aromatic carbocycles. The third-order valence-corrected chi connectivity index (χ3v) is 4.59. The molecule has 0 N–H and O–H groups in total. The van der Waals surface area contributed by atoms with Gasteiger partial charge in [-0.2, -0.15) is 0 Å². The van der Waals surface area contributed by atoms with Crippen molar-refractivity contribution in [3.05, 3.63) is 35.4 Å². The van der Waals surface area contributed by atoms with Crippen LogP contribution in [0, 0.1) is 0 Å². The summed E-state index contributed by atoms with van der Waals surface area (Å²) in [6.45, 7) is 8.78. The summed E-state index contributed by atoms with van der Waals surface area (Å²) in [5, 5.41) is 0. The van der Waals surface area contributed by atoms with Crippen molar-refractivity contribution in [1.82, 2.24) is 0 Å². The average molecular weight is 287 g/mol. The van der Waals surface area contributed by atoms with E-state index in [-0.39, 0.29) is 0 Å². The van der Waals surface area contributed by atoms with Crippen molar-refractivity contribution in [3.63, 3.8) is 0 Å². The van der Waals surface area contributed by atoms with Crippen LogP contribution in [-0.2, 0) is 22.0 Å². The van der Waals surface area contributed by atoms with E-state index in [1.807, 2.05) is 18.2 Å². The highest BCUT2D eigenvalue weighted by Crippen LogP contribution is 2.10. The fraction of sp³-hybridized carbons (Fsp3) is 0.571. The fourth-order valence-electron chi connectivity index (χ4n) is 1.46. The maximum Gasteiger partial charge on any atom is 0.147 e. The lowest BCUT2D eigenvalue weighted by Gasteiger charge is -2.15. The summed E-state index contributed by atoms with van der Waals surface area (Å²) in [5.74, 6) is 0.542. The summed E-state index contributed by atoms with van der Waals surface area (Å²) < 4.78 is 11.0. The molecular weight excluding hydrogens is 264 g/mol. The molecule has 4 heteroatoms. The number of benzene rings is 1. The molecule has 0 bridgehead atoms. The molecule has 1 aromatic rings. The molecule has 1 rings (SSSR count). The number of rotatable bonds is 8. The van der Waals surface area contributed by atoms with Crippen LogP contribution in [0.25, 0.3) is 0 Å². The molecule has 102 valence electrons. The molecule has 0 spiro atoms. The zero-order valence-electron chi connectivity index (χ0n) is 11.5. The third-order valence-electron chi connectivity index (χ3n) is 2.58. The molecule has 0 unspecified atom stereocenters. The Kier molecular flexibility index (Phi) is 6.93. The van der Waals surface area contributed by atoms with Gasteiger partial charge in [-0.05, 0) is 17.2 Å². The van der Waals surface area contributed by atoms with Gasteiger partial charge in [-0.15, -0.1) is 11.6 Å². The Morgan fingerprint density at radius 1 is 1.11 bits per heavy atom. The van der Waals surface area contributed by atoms with Crippen molar-refractivity contribution in [2.24, 2.45) is 0 Å². The molecule has 0 aliphatic carbocycles. The molecule has 18 heavy (non-hydrogen) atoms. The van der Waals surface area contributed by atoms with Gasteiger partial charge < -0.3 is 9.47 Å². The second-order valence-corrected chi connectivity index (χ2v) is 11.5. The quantitative estimate of drug-likeness (QED) is 0.308. The Morgan fingerprint density at radius 3 is 2.50 bits per heavy atom. The van der Waals surface area contributed by atoms with Crippen LogP contribution in [0.4, 0.5) is 0 Å². The summed E-state index contributed by atoms with van der Waals surface area (Å²) in [7, 11) is -0.989. The predicted octanol–water partition coefficient (Wildman–Crippen LogP) is 4.25. The van der Waals surface area contributed by atoms with Gasteiger partial charge in [-0.3, -0.25) is 0 Å². The molecule has 0 aromatic heterocycles. The van der Waals surface area contributed by atoms with Crippen molar-refractivity contribution < 1.29 is 9.47 Å². The topological polar surface area (TPSA) is 18.5 Å². The summed E-state index contributed by atoms with van der Waals surface area (Å²) >= 11 is 5.78. The molecule has 0 saturated carbocycles. The zero-order valence-corrected chi connectivity index (χ0v) is 13.3. The fourth-order valence-corrected chi connectivity index (χ4v) is 2.38. The molecule has 0 aliphatic rings. The van der Waals surface area contributed by atoms with Crippen LogP contribution < -0.4 is 0 Å². The molecule has 0 aliphatic heterocycles. The summed E-state index contributed by atoms with van der Waals surface area (Å²) in [5.41, 5.74) is 2.26. The Bertz CT molecular complexity index is 350. The predicted molar refractivity (Wildman–Crippen MR) is 79.8 cm³/mol. The van der Waals surface area contributed by atoms with Crippen molar-refractivity contribution in [3.8, 4) is 0 Å². The van der Waals surface area contributed by atoms with E-state index in [0.717, 1.165) is 17.7 Å². The van der Waals surface area contributed by atoms with E-state index in [9.17, 15) is 0 Å². The van der Waals surface area contributed by atoms with E-state index in [4.69, 9.17) is 21.1 Å². The normalized spacial score (nSPS) is 11.8. The second-order valence-electron chi connectivity index (χ2n) is 5.64. The van der Waals surface area contributed by atoms with Crippen molar-refractivity contribution in [2.75, 3.05) is 13.4 Å². The van der Waals surface area contributed by atoms with Gasteiger partial charge in [0.25, 0.3) is 0 Å². The van der Waals surface area contributed by atoms with Gasteiger partial charge in [0.2, 0.25) is 0 Å². The Morgan fingerprint density at radius 2 is 1.83 bits per heavy atom. The molecular formula is C14H23ClO2Si. The minimum atomic E-state index is -0.989. The van der Waals surface area contributed by atoms with E-state index < -0.39 is 8.07 Å². The standard InChI is InChI=1S/C14H23ClO2Si/c1-18(2,3)8-7-16-12-17-11-14-6-4-5-13(9-14)10-15/h4-6,9H,7-8,10-12H2,1-3H3. The van der Waals surface area contributed by atoms with Crippen LogP contribution in [0.1, 0.15) is 11.1 Å². The molecule has 0 amide bonds. The van der Waals surface area contributed by atoms with E-state index in [1.54, 1.807) is 0 Å². The van der Waals surface area contributed by atoms with Crippen molar-refractivity contribution in [2.45, 2.75) is 38.2 Å². The van der Waals surface area contributed by atoms with Gasteiger partial charge in [0.15, 0.2) is 0 Å². The Labute approximate surface area is 116 Å². The summed E-state index contributed by atoms with van der Waals surface area (Å²) in [4.78, 5) is 0. The maximum absolute atomic E-state index is 5.78. The van der Waals surface area contributed by atoms with Gasteiger partial charge in [0.05, 0.1) is 6.61 Å².